The van der Waals surface area contributed by atoms with Gasteiger partial charge in [-0.25, -0.2) is 4.98 Å². The van der Waals surface area contributed by atoms with Crippen LogP contribution in [-0.4, -0.2) is 9.38 Å². The van der Waals surface area contributed by atoms with Crippen molar-refractivity contribution in [3.05, 3.63) is 205 Å². The second-order valence-electron chi connectivity index (χ2n) is 14.3. The number of imidazole rings is 1. The monoisotopic (exact) mass is 658 g/mol. The number of fused-ring (bicyclic) bond motifs is 18. The van der Waals surface area contributed by atoms with Crippen LogP contribution in [0.2, 0.25) is 0 Å². The quantitative estimate of drug-likeness (QED) is 0.169. The summed E-state index contributed by atoms with van der Waals surface area (Å²) < 4.78 is 2.07. The summed E-state index contributed by atoms with van der Waals surface area (Å²) in [7, 11) is 0. The number of pyridine rings is 1. The van der Waals surface area contributed by atoms with Crippen LogP contribution in [0.3, 0.4) is 0 Å². The lowest BCUT2D eigenvalue weighted by Crippen LogP contribution is -2.26. The van der Waals surface area contributed by atoms with Crippen molar-refractivity contribution < 1.29 is 0 Å². The molecule has 240 valence electrons. The molecule has 0 bridgehead atoms. The molecule has 0 N–H and O–H groups in total. The van der Waals surface area contributed by atoms with E-state index in [2.05, 4.69) is 162 Å². The Balaban J connectivity index is 1.13. The lowest BCUT2D eigenvalue weighted by Gasteiger charge is -2.32. The maximum Gasteiger partial charge on any atom is 0.137 e. The zero-order valence-corrected chi connectivity index (χ0v) is 28.2. The summed E-state index contributed by atoms with van der Waals surface area (Å²) in [5.41, 5.74) is 15.9. The van der Waals surface area contributed by atoms with E-state index in [1.165, 1.54) is 88.0 Å². The summed E-state index contributed by atoms with van der Waals surface area (Å²) in [5, 5.41) is 7.82. The van der Waals surface area contributed by atoms with Crippen molar-refractivity contribution in [2.24, 2.45) is 0 Å². The first kappa shape index (κ1) is 28.0. The van der Waals surface area contributed by atoms with Gasteiger partial charge in [0.1, 0.15) is 5.65 Å². The fraction of sp³-hybridized carbons (Fsp3) is 0.0200. The van der Waals surface area contributed by atoms with Gasteiger partial charge in [0, 0.05) is 18.0 Å². The predicted molar refractivity (Wildman–Crippen MR) is 215 cm³/mol. The first-order valence-corrected chi connectivity index (χ1v) is 18.0. The molecule has 1 spiro atoms. The third-order valence-corrected chi connectivity index (χ3v) is 11.8. The maximum atomic E-state index is 4.84. The van der Waals surface area contributed by atoms with Gasteiger partial charge in [0.25, 0.3) is 0 Å². The van der Waals surface area contributed by atoms with Gasteiger partial charge in [-0.05, 0) is 106 Å². The molecule has 0 amide bonds. The van der Waals surface area contributed by atoms with E-state index in [0.29, 0.717) is 0 Å². The molecule has 2 aliphatic carbocycles. The van der Waals surface area contributed by atoms with Crippen LogP contribution in [0.4, 0.5) is 0 Å². The molecule has 2 nitrogen and oxygen atoms in total. The van der Waals surface area contributed by atoms with Gasteiger partial charge in [-0.3, -0.25) is 0 Å². The van der Waals surface area contributed by atoms with Gasteiger partial charge in [0.15, 0.2) is 0 Å². The largest absolute Gasteiger partial charge is 0.306 e. The minimum absolute atomic E-state index is 0.460. The zero-order chi connectivity index (χ0) is 34.0. The smallest absolute Gasteiger partial charge is 0.137 e. The van der Waals surface area contributed by atoms with Crippen molar-refractivity contribution >= 4 is 38.0 Å². The Labute approximate surface area is 300 Å². The molecule has 2 aromatic heterocycles. The van der Waals surface area contributed by atoms with Crippen molar-refractivity contribution in [3.8, 4) is 44.6 Å². The highest BCUT2D eigenvalue weighted by molar-refractivity contribution is 6.21. The number of aromatic nitrogens is 2. The highest BCUT2D eigenvalue weighted by atomic mass is 15.0. The first-order chi connectivity index (χ1) is 25.8. The molecule has 2 heterocycles. The number of rotatable bonds is 2. The molecule has 52 heavy (non-hydrogen) atoms. The van der Waals surface area contributed by atoms with Gasteiger partial charge in [-0.15, -0.1) is 0 Å². The van der Waals surface area contributed by atoms with Gasteiger partial charge < -0.3 is 4.40 Å². The Morgan fingerprint density at radius 2 is 1.04 bits per heavy atom. The number of hydrogen-bond donors (Lipinski definition) is 0. The third-order valence-electron chi connectivity index (χ3n) is 11.8. The van der Waals surface area contributed by atoms with Crippen LogP contribution in [0.25, 0.3) is 82.6 Å². The van der Waals surface area contributed by atoms with Crippen LogP contribution in [0, 0.1) is 0 Å². The fourth-order valence-corrected chi connectivity index (χ4v) is 9.74. The van der Waals surface area contributed by atoms with E-state index < -0.39 is 5.41 Å². The van der Waals surface area contributed by atoms with E-state index in [1.807, 2.05) is 24.4 Å². The highest BCUT2D eigenvalue weighted by Crippen LogP contribution is 2.66. The second kappa shape index (κ2) is 10.2. The van der Waals surface area contributed by atoms with Crippen LogP contribution in [0.15, 0.2) is 182 Å². The SMILES string of the molecule is c1ccc2c(c1)-c1ccccc1C21c2c(ccc3cc(-c4ccc(-c5cn6ccccc6n5)cc4)ccc23)-c2c1c1ccccc1c1ccccc21. The van der Waals surface area contributed by atoms with Gasteiger partial charge in [-0.1, -0.05) is 152 Å². The average molecular weight is 659 g/mol. The maximum absolute atomic E-state index is 4.84. The minimum atomic E-state index is -0.460. The first-order valence-electron chi connectivity index (χ1n) is 18.0. The lowest BCUT2D eigenvalue weighted by atomic mass is 9.68. The van der Waals surface area contributed by atoms with Crippen LogP contribution < -0.4 is 0 Å². The Bertz CT molecular complexity index is 3050. The van der Waals surface area contributed by atoms with Crippen LogP contribution in [0.5, 0.6) is 0 Å². The standard InChI is InChI=1S/C50H30N2/c1-3-15-40-36(11-1)37-12-2-4-16-41(37)49-47(40)42-27-25-34-29-33(31-20-22-32(23-21-31)45-30-52-28-10-9-19-46(52)51-45)24-26-35(34)48(42)50(49)43-17-7-5-13-38(43)39-14-6-8-18-44(39)50/h1-30H. The van der Waals surface area contributed by atoms with E-state index in [0.717, 1.165) is 16.9 Å². The van der Waals surface area contributed by atoms with Crippen LogP contribution >= 0.6 is 0 Å². The summed E-state index contributed by atoms with van der Waals surface area (Å²) in [4.78, 5) is 4.84. The molecule has 10 aromatic rings. The number of benzene rings is 8. The Kier molecular flexibility index (Phi) is 5.46. The summed E-state index contributed by atoms with van der Waals surface area (Å²) in [6.07, 6.45) is 4.14. The molecule has 0 saturated carbocycles. The molecular weight excluding hydrogens is 629 g/mol. The molecular formula is C50H30N2. The summed E-state index contributed by atoms with van der Waals surface area (Å²) >= 11 is 0. The molecule has 8 aromatic carbocycles. The van der Waals surface area contributed by atoms with Crippen LogP contribution in [0.1, 0.15) is 22.3 Å². The van der Waals surface area contributed by atoms with E-state index >= 15 is 0 Å². The molecule has 2 heteroatoms. The minimum Gasteiger partial charge on any atom is -0.306 e. The van der Waals surface area contributed by atoms with Crippen LogP contribution in [-0.2, 0) is 5.41 Å². The highest BCUT2D eigenvalue weighted by Gasteiger charge is 2.53. The van der Waals surface area contributed by atoms with Gasteiger partial charge >= 0.3 is 0 Å². The van der Waals surface area contributed by atoms with Gasteiger partial charge in [-0.2, -0.15) is 0 Å². The average Bonchev–Trinajstić information content (AvgIpc) is 3.88. The molecule has 0 atom stereocenters. The van der Waals surface area contributed by atoms with E-state index in [4.69, 9.17) is 4.98 Å². The van der Waals surface area contributed by atoms with Crippen molar-refractivity contribution in [2.75, 3.05) is 0 Å². The Morgan fingerprint density at radius 1 is 0.423 bits per heavy atom. The molecule has 0 aliphatic heterocycles. The lowest BCUT2D eigenvalue weighted by molar-refractivity contribution is 0.809. The van der Waals surface area contributed by atoms with Crippen molar-refractivity contribution in [2.45, 2.75) is 5.41 Å². The molecule has 0 unspecified atom stereocenters. The molecule has 12 rings (SSSR count). The third kappa shape index (κ3) is 3.51. The van der Waals surface area contributed by atoms with Crippen molar-refractivity contribution in [1.29, 1.82) is 0 Å². The van der Waals surface area contributed by atoms with E-state index in [1.54, 1.807) is 0 Å². The second-order valence-corrected chi connectivity index (χ2v) is 14.3. The van der Waals surface area contributed by atoms with E-state index in [-0.39, 0.29) is 0 Å². The fourth-order valence-electron chi connectivity index (χ4n) is 9.74. The summed E-state index contributed by atoms with van der Waals surface area (Å²) in [6, 6.07) is 63.1. The van der Waals surface area contributed by atoms with Gasteiger partial charge in [0.2, 0.25) is 0 Å². The Hall–Kier alpha value is -6.77. The molecule has 0 saturated heterocycles. The zero-order valence-electron chi connectivity index (χ0n) is 28.2. The van der Waals surface area contributed by atoms with E-state index in [9.17, 15) is 0 Å². The summed E-state index contributed by atoms with van der Waals surface area (Å²) in [6.45, 7) is 0. The van der Waals surface area contributed by atoms with Crippen molar-refractivity contribution in [3.63, 3.8) is 0 Å². The molecule has 0 fully saturated rings. The number of hydrogen-bond acceptors (Lipinski definition) is 1. The molecule has 2 aliphatic rings. The normalized spacial score (nSPS) is 13.5. The molecule has 0 radical (unpaired) electrons. The summed E-state index contributed by atoms with van der Waals surface area (Å²) in [5.74, 6) is 0. The number of nitrogens with zero attached hydrogens (tertiary/aromatic N) is 2. The Morgan fingerprint density at radius 3 is 1.79 bits per heavy atom. The van der Waals surface area contributed by atoms with Crippen molar-refractivity contribution in [1.82, 2.24) is 9.38 Å². The predicted octanol–water partition coefficient (Wildman–Crippen LogP) is 12.5. The topological polar surface area (TPSA) is 17.3 Å². The van der Waals surface area contributed by atoms with Gasteiger partial charge in [0.05, 0.1) is 11.1 Å².